The zero-order chi connectivity index (χ0) is 29.4. The summed E-state index contributed by atoms with van der Waals surface area (Å²) in [6, 6.07) is 10.8. The molecule has 0 radical (unpaired) electrons. The molecule has 2 aliphatic heterocycles. The number of nitrogens with zero attached hydrogens (tertiary/aromatic N) is 1. The fourth-order valence-corrected chi connectivity index (χ4v) is 6.96. The number of carbonyl (C=O) groups excluding carboxylic acids is 2. The number of allylic oxidation sites excluding steroid dienone is 1. The van der Waals surface area contributed by atoms with E-state index in [1.807, 2.05) is 6.08 Å². The Morgan fingerprint density at radius 3 is 2.34 bits per heavy atom. The summed E-state index contributed by atoms with van der Waals surface area (Å²) in [6.45, 7) is 8.15. The first-order valence-electron chi connectivity index (χ1n) is 13.8. The van der Waals surface area contributed by atoms with Gasteiger partial charge in [0, 0.05) is 12.8 Å². The van der Waals surface area contributed by atoms with Gasteiger partial charge in [-0.05, 0) is 76.3 Å². The van der Waals surface area contributed by atoms with Crippen LogP contribution < -0.4 is 5.06 Å². The minimum absolute atomic E-state index is 0.0162. The van der Waals surface area contributed by atoms with Gasteiger partial charge in [-0.3, -0.25) is 0 Å². The highest BCUT2D eigenvalue weighted by Crippen LogP contribution is 2.46. The molecule has 0 amide bonds. The van der Waals surface area contributed by atoms with Crippen LogP contribution in [0.15, 0.2) is 58.3 Å². The molecule has 0 bridgehead atoms. The minimum Gasteiger partial charge on any atom is -0.462 e. The van der Waals surface area contributed by atoms with Crippen molar-refractivity contribution in [1.29, 1.82) is 0 Å². The Bertz CT molecular complexity index is 1460. The van der Waals surface area contributed by atoms with Gasteiger partial charge in [-0.2, -0.15) is 5.06 Å². The lowest BCUT2D eigenvalue weighted by molar-refractivity contribution is -0.180. The van der Waals surface area contributed by atoms with Crippen molar-refractivity contribution in [2.24, 2.45) is 5.92 Å². The number of sulfone groups is 1. The molecule has 5 rings (SSSR count). The Kier molecular flexibility index (Phi) is 7.88. The number of rotatable bonds is 5. The van der Waals surface area contributed by atoms with Crippen LogP contribution in [0.2, 0.25) is 0 Å². The first-order valence-corrected chi connectivity index (χ1v) is 15.3. The number of hydrogen-bond donors (Lipinski definition) is 0. The maximum Gasteiger partial charge on any atom is 0.534 e. The molecule has 1 spiro atoms. The second-order valence-corrected chi connectivity index (χ2v) is 13.1. The summed E-state index contributed by atoms with van der Waals surface area (Å²) in [5, 5.41) is 1.14. The van der Waals surface area contributed by atoms with Crippen LogP contribution in [0.25, 0.3) is 5.57 Å². The highest BCUT2D eigenvalue weighted by atomic mass is 32.2. The molecule has 0 N–H and O–H groups in total. The standard InChI is InChI=1S/C30H35NO9S/c1-5-36-27(32)22(18-20-12-14-30(15-13-20)37-16-17-38-30)21-10-11-26-24(19-21)31(40-28(33)39-29(2,3)4)23-8-6-7-9-25(23)41(26,34)35/h6-11,18-20H,5,12-17H2,1-4H3/b22-18+. The van der Waals surface area contributed by atoms with Crippen molar-refractivity contribution in [2.45, 2.75) is 74.6 Å². The summed E-state index contributed by atoms with van der Waals surface area (Å²) in [4.78, 5) is 31.5. The van der Waals surface area contributed by atoms with E-state index in [0.29, 0.717) is 37.2 Å². The fraction of sp³-hybridized carbons (Fsp3) is 0.467. The SMILES string of the molecule is CCOC(=O)/C(=C/C1CCC2(CC1)OCCO2)c1ccc2c(c1)N(OC(=O)OC(C)(C)C)c1ccccc1S2(=O)=O. The monoisotopic (exact) mass is 585 g/mol. The zero-order valence-electron chi connectivity index (χ0n) is 23.7. The normalized spacial score (nSPS) is 19.8. The number of benzene rings is 2. The van der Waals surface area contributed by atoms with E-state index in [1.165, 1.54) is 18.2 Å². The van der Waals surface area contributed by atoms with Crippen molar-refractivity contribution in [3.05, 3.63) is 54.1 Å². The van der Waals surface area contributed by atoms with Gasteiger partial charge in [0.15, 0.2) is 5.79 Å². The molecule has 220 valence electrons. The molecule has 2 fully saturated rings. The molecule has 1 aliphatic carbocycles. The van der Waals surface area contributed by atoms with Crippen LogP contribution in [0.5, 0.6) is 0 Å². The van der Waals surface area contributed by atoms with Gasteiger partial charge in [0.05, 0.1) is 35.2 Å². The van der Waals surface area contributed by atoms with Gasteiger partial charge >= 0.3 is 12.1 Å². The third-order valence-corrected chi connectivity index (χ3v) is 9.06. The van der Waals surface area contributed by atoms with Crippen molar-refractivity contribution in [2.75, 3.05) is 24.9 Å². The predicted octanol–water partition coefficient (Wildman–Crippen LogP) is 5.72. The number of fused-ring (bicyclic) bond motifs is 2. The molecule has 3 aliphatic rings. The lowest BCUT2D eigenvalue weighted by Gasteiger charge is -2.34. The molecule has 11 heteroatoms. The maximum absolute atomic E-state index is 13.6. The van der Waals surface area contributed by atoms with Crippen LogP contribution in [-0.2, 0) is 38.4 Å². The van der Waals surface area contributed by atoms with Crippen molar-refractivity contribution in [3.63, 3.8) is 0 Å². The molecule has 2 aromatic carbocycles. The Hall–Kier alpha value is -3.41. The van der Waals surface area contributed by atoms with E-state index in [4.69, 9.17) is 23.8 Å². The van der Waals surface area contributed by atoms with Gasteiger partial charge in [-0.25, -0.2) is 18.0 Å². The Balaban J connectivity index is 1.55. The Morgan fingerprint density at radius 2 is 1.68 bits per heavy atom. The van der Waals surface area contributed by atoms with Gasteiger partial charge in [0.2, 0.25) is 9.84 Å². The highest BCUT2D eigenvalue weighted by molar-refractivity contribution is 7.92. The second-order valence-electron chi connectivity index (χ2n) is 11.2. The van der Waals surface area contributed by atoms with Gasteiger partial charge in [-0.1, -0.05) is 24.3 Å². The van der Waals surface area contributed by atoms with E-state index in [9.17, 15) is 18.0 Å². The van der Waals surface area contributed by atoms with E-state index in [-0.39, 0.29) is 33.7 Å². The van der Waals surface area contributed by atoms with Crippen molar-refractivity contribution < 1.29 is 41.8 Å². The number of anilines is 2. The largest absolute Gasteiger partial charge is 0.534 e. The predicted molar refractivity (Wildman–Crippen MR) is 149 cm³/mol. The molecule has 10 nitrogen and oxygen atoms in total. The van der Waals surface area contributed by atoms with Crippen LogP contribution in [0.3, 0.4) is 0 Å². The molecule has 0 unspecified atom stereocenters. The number of para-hydroxylation sites is 1. The smallest absolute Gasteiger partial charge is 0.462 e. The van der Waals surface area contributed by atoms with Gasteiger partial charge in [-0.15, -0.1) is 0 Å². The number of carbonyl (C=O) groups is 2. The molecule has 2 heterocycles. The summed E-state index contributed by atoms with van der Waals surface area (Å²) in [5.41, 5.74) is 0.132. The quantitative estimate of drug-likeness (QED) is 0.319. The van der Waals surface area contributed by atoms with Crippen molar-refractivity contribution in [1.82, 2.24) is 0 Å². The minimum atomic E-state index is -3.96. The molecule has 0 atom stereocenters. The summed E-state index contributed by atoms with van der Waals surface area (Å²) >= 11 is 0. The van der Waals surface area contributed by atoms with Crippen LogP contribution in [0, 0.1) is 5.92 Å². The van der Waals surface area contributed by atoms with E-state index in [0.717, 1.165) is 17.9 Å². The van der Waals surface area contributed by atoms with Gasteiger partial charge < -0.3 is 23.8 Å². The van der Waals surface area contributed by atoms with Crippen LogP contribution in [-0.4, -0.2) is 51.8 Å². The Labute approximate surface area is 240 Å². The fourth-order valence-electron chi connectivity index (χ4n) is 5.37. The maximum atomic E-state index is 13.6. The molecule has 2 aromatic rings. The van der Waals surface area contributed by atoms with Gasteiger partial charge in [0.25, 0.3) is 0 Å². The third-order valence-electron chi connectivity index (χ3n) is 7.21. The molecule has 41 heavy (non-hydrogen) atoms. The zero-order valence-corrected chi connectivity index (χ0v) is 24.5. The molecule has 1 saturated carbocycles. The average Bonchev–Trinajstić information content (AvgIpc) is 3.37. The highest BCUT2D eigenvalue weighted by Gasteiger charge is 2.41. The van der Waals surface area contributed by atoms with E-state index in [2.05, 4.69) is 0 Å². The van der Waals surface area contributed by atoms with Gasteiger partial charge in [0.1, 0.15) is 17.0 Å². The van der Waals surface area contributed by atoms with E-state index < -0.39 is 33.4 Å². The summed E-state index contributed by atoms with van der Waals surface area (Å²) < 4.78 is 49.6. The van der Waals surface area contributed by atoms with Crippen LogP contribution in [0.1, 0.15) is 58.9 Å². The van der Waals surface area contributed by atoms with Crippen molar-refractivity contribution >= 4 is 38.9 Å². The second kappa shape index (κ2) is 11.1. The number of esters is 1. The molecule has 0 aromatic heterocycles. The van der Waals surface area contributed by atoms with Crippen LogP contribution in [0.4, 0.5) is 16.2 Å². The third kappa shape index (κ3) is 5.98. The van der Waals surface area contributed by atoms with Crippen molar-refractivity contribution in [3.8, 4) is 0 Å². The van der Waals surface area contributed by atoms with E-state index in [1.54, 1.807) is 52.0 Å². The Morgan fingerprint density at radius 1 is 1.02 bits per heavy atom. The molecular weight excluding hydrogens is 550 g/mol. The number of ether oxygens (including phenoxy) is 4. The van der Waals surface area contributed by atoms with Crippen LogP contribution >= 0.6 is 0 Å². The van der Waals surface area contributed by atoms with E-state index >= 15 is 0 Å². The lowest BCUT2D eigenvalue weighted by atomic mass is 9.83. The molecule has 1 saturated heterocycles. The first kappa shape index (κ1) is 29.1. The topological polar surface area (TPSA) is 118 Å². The number of hydrogen-bond acceptors (Lipinski definition) is 10. The summed E-state index contributed by atoms with van der Waals surface area (Å²) in [5.74, 6) is -1.01. The summed E-state index contributed by atoms with van der Waals surface area (Å²) in [7, 11) is -3.96. The average molecular weight is 586 g/mol. The summed E-state index contributed by atoms with van der Waals surface area (Å²) in [6.07, 6.45) is 3.80. The lowest BCUT2D eigenvalue weighted by Crippen LogP contribution is -2.34. The molecular formula is C30H35NO9S. The first-order chi connectivity index (χ1) is 19.4.